The van der Waals surface area contributed by atoms with Gasteiger partial charge in [-0.3, -0.25) is 0 Å². The number of aromatic nitrogens is 3. The van der Waals surface area contributed by atoms with Gasteiger partial charge in [-0.1, -0.05) is 0 Å². The molecule has 7 heteroatoms. The van der Waals surface area contributed by atoms with E-state index in [-0.39, 0.29) is 11.9 Å². The lowest BCUT2D eigenvalue weighted by molar-refractivity contribution is 0.0683. The van der Waals surface area contributed by atoms with Gasteiger partial charge in [0.05, 0.1) is 6.10 Å². The number of ether oxygens (including phenoxy) is 1. The van der Waals surface area contributed by atoms with Crippen LogP contribution >= 0.6 is 0 Å². The highest BCUT2D eigenvalue weighted by atomic mass is 16.5. The maximum atomic E-state index is 10.8. The summed E-state index contributed by atoms with van der Waals surface area (Å²) in [7, 11) is 3.54. The molecule has 2 rings (SSSR count). The molecule has 0 radical (unpaired) electrons. The Kier molecular flexibility index (Phi) is 3.28. The molecule has 7 nitrogen and oxygen atoms in total. The molecule has 1 unspecified atom stereocenters. The van der Waals surface area contributed by atoms with Gasteiger partial charge in [-0.2, -0.15) is 4.98 Å². The van der Waals surface area contributed by atoms with Crippen molar-refractivity contribution in [2.45, 2.75) is 18.9 Å². The van der Waals surface area contributed by atoms with Crippen molar-refractivity contribution in [1.29, 1.82) is 0 Å². The number of nitrogens with zero attached hydrogens (tertiary/aromatic N) is 4. The molecule has 0 aliphatic carbocycles. The van der Waals surface area contributed by atoms with Crippen LogP contribution in [-0.4, -0.2) is 52.1 Å². The smallest absolute Gasteiger partial charge is 0.375 e. The van der Waals surface area contributed by atoms with Crippen LogP contribution in [0.4, 0.5) is 5.95 Å². The van der Waals surface area contributed by atoms with Gasteiger partial charge in [-0.25, -0.2) is 9.48 Å². The number of hydrogen-bond acceptors (Lipinski definition) is 5. The highest BCUT2D eigenvalue weighted by Gasteiger charge is 2.21. The van der Waals surface area contributed by atoms with E-state index >= 15 is 0 Å². The van der Waals surface area contributed by atoms with Crippen LogP contribution in [-0.2, 0) is 11.8 Å². The molecule has 1 aromatic rings. The Morgan fingerprint density at radius 1 is 1.71 bits per heavy atom. The Hall–Kier alpha value is -1.63. The van der Waals surface area contributed by atoms with Crippen molar-refractivity contribution >= 4 is 11.9 Å². The Bertz CT molecular complexity index is 412. The topological polar surface area (TPSA) is 80.5 Å². The summed E-state index contributed by atoms with van der Waals surface area (Å²) < 4.78 is 6.99. The minimum atomic E-state index is -1.11. The lowest BCUT2D eigenvalue weighted by Gasteiger charge is -2.20. The van der Waals surface area contributed by atoms with Gasteiger partial charge >= 0.3 is 5.97 Å². The predicted octanol–water partition coefficient (Wildman–Crippen LogP) is 0.128. The number of aryl methyl sites for hydroxylation is 1. The Morgan fingerprint density at radius 2 is 2.47 bits per heavy atom. The molecule has 0 amide bonds. The van der Waals surface area contributed by atoms with Crippen LogP contribution in [0.25, 0.3) is 0 Å². The van der Waals surface area contributed by atoms with E-state index in [1.54, 1.807) is 7.05 Å². The number of carboxylic acid groups (broad SMARTS) is 1. The van der Waals surface area contributed by atoms with Crippen LogP contribution in [0.2, 0.25) is 0 Å². The summed E-state index contributed by atoms with van der Waals surface area (Å²) in [6, 6.07) is 0. The quantitative estimate of drug-likeness (QED) is 0.805. The first kappa shape index (κ1) is 11.8. The summed E-state index contributed by atoms with van der Waals surface area (Å²) in [5.74, 6) is -0.753. The molecule has 1 aromatic heterocycles. The molecular weight excluding hydrogens is 224 g/mol. The molecule has 1 fully saturated rings. The van der Waals surface area contributed by atoms with Crippen molar-refractivity contribution in [2.24, 2.45) is 7.05 Å². The molecule has 0 saturated carbocycles. The van der Waals surface area contributed by atoms with Gasteiger partial charge in [-0.05, 0) is 12.8 Å². The van der Waals surface area contributed by atoms with E-state index in [1.807, 2.05) is 11.9 Å². The molecule has 0 spiro atoms. The predicted molar refractivity (Wildman–Crippen MR) is 60.2 cm³/mol. The van der Waals surface area contributed by atoms with Crippen molar-refractivity contribution in [3.8, 4) is 0 Å². The average molecular weight is 240 g/mol. The van der Waals surface area contributed by atoms with E-state index < -0.39 is 5.97 Å². The summed E-state index contributed by atoms with van der Waals surface area (Å²) >= 11 is 0. The van der Waals surface area contributed by atoms with Gasteiger partial charge in [0.1, 0.15) is 0 Å². The van der Waals surface area contributed by atoms with Crippen molar-refractivity contribution in [2.75, 3.05) is 25.1 Å². The van der Waals surface area contributed by atoms with E-state index in [1.165, 1.54) is 4.68 Å². The van der Waals surface area contributed by atoms with Gasteiger partial charge in [-0.15, -0.1) is 5.10 Å². The fourth-order valence-corrected chi connectivity index (χ4v) is 1.97. The molecule has 0 aromatic carbocycles. The zero-order valence-electron chi connectivity index (χ0n) is 9.96. The van der Waals surface area contributed by atoms with E-state index in [4.69, 9.17) is 9.84 Å². The molecule has 1 N–H and O–H groups in total. The molecule has 0 bridgehead atoms. The fourth-order valence-electron chi connectivity index (χ4n) is 1.97. The average Bonchev–Trinajstić information content (AvgIpc) is 2.86. The van der Waals surface area contributed by atoms with Gasteiger partial charge in [0.25, 0.3) is 5.82 Å². The third-order valence-corrected chi connectivity index (χ3v) is 2.77. The summed E-state index contributed by atoms with van der Waals surface area (Å²) in [6.07, 6.45) is 2.32. The fraction of sp³-hybridized carbons (Fsp3) is 0.700. The Balaban J connectivity index is 2.07. The van der Waals surface area contributed by atoms with Crippen molar-refractivity contribution in [3.63, 3.8) is 0 Å². The maximum absolute atomic E-state index is 10.8. The lowest BCUT2D eigenvalue weighted by atomic mass is 10.2. The monoisotopic (exact) mass is 240 g/mol. The number of carbonyl (C=O) groups is 1. The van der Waals surface area contributed by atoms with Gasteiger partial charge in [0, 0.05) is 27.2 Å². The molecular formula is C10H16N4O3. The second kappa shape index (κ2) is 4.70. The summed E-state index contributed by atoms with van der Waals surface area (Å²) in [5, 5.41) is 12.6. The van der Waals surface area contributed by atoms with Gasteiger partial charge < -0.3 is 14.7 Å². The third-order valence-electron chi connectivity index (χ3n) is 2.77. The number of carboxylic acids is 1. The van der Waals surface area contributed by atoms with E-state index in [0.717, 1.165) is 19.4 Å². The number of aromatic carboxylic acids is 1. The third kappa shape index (κ3) is 2.55. The zero-order chi connectivity index (χ0) is 12.4. The molecule has 1 aliphatic heterocycles. The lowest BCUT2D eigenvalue weighted by Crippen LogP contribution is -2.30. The van der Waals surface area contributed by atoms with E-state index in [2.05, 4.69) is 10.1 Å². The van der Waals surface area contributed by atoms with Crippen molar-refractivity contribution < 1.29 is 14.6 Å². The summed E-state index contributed by atoms with van der Waals surface area (Å²) in [6.45, 7) is 1.50. The molecule has 94 valence electrons. The summed E-state index contributed by atoms with van der Waals surface area (Å²) in [4.78, 5) is 16.6. The number of hydrogen-bond donors (Lipinski definition) is 1. The van der Waals surface area contributed by atoms with E-state index in [0.29, 0.717) is 12.5 Å². The van der Waals surface area contributed by atoms with E-state index in [9.17, 15) is 4.79 Å². The van der Waals surface area contributed by atoms with Crippen LogP contribution in [0.5, 0.6) is 0 Å². The van der Waals surface area contributed by atoms with Crippen LogP contribution in [0.1, 0.15) is 23.5 Å². The highest BCUT2D eigenvalue weighted by Crippen LogP contribution is 2.16. The second-order valence-corrected chi connectivity index (χ2v) is 4.18. The zero-order valence-corrected chi connectivity index (χ0v) is 9.96. The minimum Gasteiger partial charge on any atom is -0.475 e. The van der Waals surface area contributed by atoms with Crippen LogP contribution in [0.3, 0.4) is 0 Å². The molecule has 1 atom stereocenters. The first-order valence-corrected chi connectivity index (χ1v) is 5.55. The van der Waals surface area contributed by atoms with Crippen molar-refractivity contribution in [3.05, 3.63) is 5.82 Å². The Labute approximate surface area is 99.0 Å². The summed E-state index contributed by atoms with van der Waals surface area (Å²) in [5.41, 5.74) is 0. The molecule has 17 heavy (non-hydrogen) atoms. The van der Waals surface area contributed by atoms with Crippen LogP contribution in [0.15, 0.2) is 0 Å². The van der Waals surface area contributed by atoms with Gasteiger partial charge in [0.15, 0.2) is 0 Å². The maximum Gasteiger partial charge on any atom is 0.375 e. The van der Waals surface area contributed by atoms with Crippen LogP contribution < -0.4 is 4.90 Å². The second-order valence-electron chi connectivity index (χ2n) is 4.18. The minimum absolute atomic E-state index is 0.179. The first-order valence-electron chi connectivity index (χ1n) is 5.55. The molecule has 2 heterocycles. The normalized spacial score (nSPS) is 19.5. The number of likely N-dealkylation sites (N-methyl/N-ethyl adjacent to an activating group) is 1. The molecule has 1 saturated heterocycles. The van der Waals surface area contributed by atoms with Gasteiger partial charge in [0.2, 0.25) is 5.95 Å². The first-order chi connectivity index (χ1) is 8.08. The van der Waals surface area contributed by atoms with Crippen molar-refractivity contribution in [1.82, 2.24) is 14.8 Å². The Morgan fingerprint density at radius 3 is 3.00 bits per heavy atom. The largest absolute Gasteiger partial charge is 0.475 e. The SMILES string of the molecule is CN(CC1CCCO1)c1nc(C(=O)O)nn1C. The van der Waals surface area contributed by atoms with Crippen LogP contribution in [0, 0.1) is 0 Å². The molecule has 1 aliphatic rings. The number of rotatable bonds is 4. The standard InChI is InChI=1S/C10H16N4O3/c1-13(6-7-4-3-5-17-7)10-11-8(9(15)16)12-14(10)2/h7H,3-6H2,1-2H3,(H,15,16). The highest BCUT2D eigenvalue weighted by molar-refractivity contribution is 5.83. The number of anilines is 1.